The Balaban J connectivity index is 1.45. The van der Waals surface area contributed by atoms with Gasteiger partial charge >= 0.3 is 6.09 Å². The molecular formula is C24H33N5O3S. The standard InChI is InChI=1S/C24H33N5O3S/c1-24(2,3)32-23(30)29(4)16-6-8-17(9-7-16)31-21-20-19-14(11-15(26)12-25)5-10-18(19)33-22(20)28-13-27-21/h13-17H,5-11,26H2,1-4H3/t14-,15?,16-,17-/m1/s1. The van der Waals surface area contributed by atoms with Gasteiger partial charge in [-0.3, -0.25) is 0 Å². The maximum atomic E-state index is 12.4. The zero-order valence-corrected chi connectivity index (χ0v) is 20.7. The van der Waals surface area contributed by atoms with Crippen LogP contribution < -0.4 is 10.5 Å². The van der Waals surface area contributed by atoms with E-state index < -0.39 is 11.6 Å². The van der Waals surface area contributed by atoms with Crippen molar-refractivity contribution in [1.29, 1.82) is 5.26 Å². The number of aryl methyl sites for hydroxylation is 1. The fraction of sp³-hybridized carbons (Fsp3) is 0.667. The maximum Gasteiger partial charge on any atom is 0.410 e. The van der Waals surface area contributed by atoms with Crippen molar-refractivity contribution < 1.29 is 14.3 Å². The monoisotopic (exact) mass is 471 g/mol. The Morgan fingerprint density at radius 1 is 1.30 bits per heavy atom. The van der Waals surface area contributed by atoms with Crippen LogP contribution in [0.5, 0.6) is 5.88 Å². The second-order valence-electron chi connectivity index (χ2n) is 10.1. The minimum Gasteiger partial charge on any atom is -0.474 e. The van der Waals surface area contributed by atoms with Gasteiger partial charge in [-0.1, -0.05) is 0 Å². The molecule has 9 heteroatoms. The highest BCUT2D eigenvalue weighted by Crippen LogP contribution is 2.47. The van der Waals surface area contributed by atoms with E-state index in [1.165, 1.54) is 10.4 Å². The van der Waals surface area contributed by atoms with E-state index in [4.69, 9.17) is 15.2 Å². The summed E-state index contributed by atoms with van der Waals surface area (Å²) in [6.45, 7) is 5.64. The lowest BCUT2D eigenvalue weighted by atomic mass is 9.92. The molecule has 4 rings (SSSR count). The van der Waals surface area contributed by atoms with Gasteiger partial charge in [0.15, 0.2) is 0 Å². The van der Waals surface area contributed by atoms with Crippen molar-refractivity contribution in [2.75, 3.05) is 7.05 Å². The number of ether oxygens (including phenoxy) is 2. The van der Waals surface area contributed by atoms with E-state index in [0.29, 0.717) is 12.3 Å². The van der Waals surface area contributed by atoms with Crippen LogP contribution in [0.25, 0.3) is 10.2 Å². The summed E-state index contributed by atoms with van der Waals surface area (Å²) in [4.78, 5) is 25.4. The van der Waals surface area contributed by atoms with Crippen LogP contribution in [0.1, 0.15) is 75.7 Å². The number of nitriles is 1. The third kappa shape index (κ3) is 5.22. The van der Waals surface area contributed by atoms with Crippen molar-refractivity contribution >= 4 is 27.6 Å². The van der Waals surface area contributed by atoms with Crippen LogP contribution in [0, 0.1) is 11.3 Å². The molecule has 2 heterocycles. The first-order valence-electron chi connectivity index (χ1n) is 11.7. The van der Waals surface area contributed by atoms with Gasteiger partial charge in [0.1, 0.15) is 22.9 Å². The van der Waals surface area contributed by atoms with E-state index in [1.54, 1.807) is 22.6 Å². The van der Waals surface area contributed by atoms with Gasteiger partial charge in [-0.2, -0.15) is 5.26 Å². The molecule has 0 spiro atoms. The summed E-state index contributed by atoms with van der Waals surface area (Å²) < 4.78 is 11.9. The highest BCUT2D eigenvalue weighted by Gasteiger charge is 2.33. The summed E-state index contributed by atoms with van der Waals surface area (Å²) >= 11 is 1.70. The van der Waals surface area contributed by atoms with E-state index in [9.17, 15) is 10.1 Å². The van der Waals surface area contributed by atoms with E-state index in [0.717, 1.165) is 48.7 Å². The van der Waals surface area contributed by atoms with Crippen LogP contribution in [0.4, 0.5) is 4.79 Å². The first-order chi connectivity index (χ1) is 15.7. The minimum atomic E-state index is -0.500. The first-order valence-corrected chi connectivity index (χ1v) is 12.5. The summed E-state index contributed by atoms with van der Waals surface area (Å²) in [5.41, 5.74) is 6.68. The van der Waals surface area contributed by atoms with Crippen LogP contribution in [0.3, 0.4) is 0 Å². The Bertz CT molecular complexity index is 1050. The van der Waals surface area contributed by atoms with Gasteiger partial charge in [0.2, 0.25) is 5.88 Å². The number of hydrogen-bond acceptors (Lipinski definition) is 8. The van der Waals surface area contributed by atoms with Crippen molar-refractivity contribution in [3.05, 3.63) is 16.8 Å². The Hall–Kier alpha value is -2.44. The molecule has 1 fully saturated rings. The molecule has 2 aliphatic rings. The van der Waals surface area contributed by atoms with Crippen molar-refractivity contribution in [3.8, 4) is 11.9 Å². The van der Waals surface area contributed by atoms with Crippen molar-refractivity contribution in [3.63, 3.8) is 0 Å². The number of rotatable bonds is 5. The lowest BCUT2D eigenvalue weighted by Crippen LogP contribution is -2.43. The zero-order chi connectivity index (χ0) is 23.8. The molecule has 2 atom stereocenters. The van der Waals surface area contributed by atoms with Gasteiger partial charge in [0.05, 0.1) is 17.5 Å². The molecule has 1 unspecified atom stereocenters. The van der Waals surface area contributed by atoms with Crippen LogP contribution in [-0.2, 0) is 11.2 Å². The van der Waals surface area contributed by atoms with Gasteiger partial charge in [0, 0.05) is 18.0 Å². The number of fused-ring (bicyclic) bond motifs is 3. The molecule has 1 saturated carbocycles. The van der Waals surface area contributed by atoms with E-state index in [2.05, 4.69) is 16.0 Å². The van der Waals surface area contributed by atoms with Crippen molar-refractivity contribution in [2.24, 2.45) is 5.73 Å². The smallest absolute Gasteiger partial charge is 0.410 e. The topological polar surface area (TPSA) is 114 Å². The number of aromatic nitrogens is 2. The average molecular weight is 472 g/mol. The number of carbonyl (C=O) groups is 1. The normalized spacial score (nSPS) is 23.6. The van der Waals surface area contributed by atoms with E-state index >= 15 is 0 Å². The van der Waals surface area contributed by atoms with E-state index in [-0.39, 0.29) is 24.2 Å². The Labute approximate surface area is 199 Å². The third-order valence-electron chi connectivity index (χ3n) is 6.55. The summed E-state index contributed by atoms with van der Waals surface area (Å²) in [5, 5.41) is 10.2. The molecule has 2 aliphatic carbocycles. The molecule has 0 aromatic carbocycles. The Morgan fingerprint density at radius 3 is 2.70 bits per heavy atom. The summed E-state index contributed by atoms with van der Waals surface area (Å²) in [6, 6.07) is 1.83. The van der Waals surface area contributed by atoms with E-state index in [1.807, 2.05) is 27.8 Å². The van der Waals surface area contributed by atoms with Crippen LogP contribution >= 0.6 is 11.3 Å². The van der Waals surface area contributed by atoms with Crippen LogP contribution in [-0.4, -0.2) is 51.8 Å². The quantitative estimate of drug-likeness (QED) is 0.682. The molecular weight excluding hydrogens is 438 g/mol. The van der Waals surface area contributed by atoms with Crippen molar-refractivity contribution in [1.82, 2.24) is 14.9 Å². The predicted molar refractivity (Wildman–Crippen MR) is 127 cm³/mol. The van der Waals surface area contributed by atoms with Crippen LogP contribution in [0.2, 0.25) is 0 Å². The Morgan fingerprint density at radius 2 is 2.03 bits per heavy atom. The molecule has 2 aromatic heterocycles. The highest BCUT2D eigenvalue weighted by molar-refractivity contribution is 7.19. The van der Waals surface area contributed by atoms with Crippen LogP contribution in [0.15, 0.2) is 6.33 Å². The highest BCUT2D eigenvalue weighted by atomic mass is 32.1. The molecule has 1 amide bonds. The van der Waals surface area contributed by atoms with Gasteiger partial charge in [-0.15, -0.1) is 11.3 Å². The molecule has 33 heavy (non-hydrogen) atoms. The molecule has 2 aromatic rings. The number of thiophene rings is 1. The largest absolute Gasteiger partial charge is 0.474 e. The molecule has 0 aliphatic heterocycles. The number of carbonyl (C=O) groups excluding carboxylic acids is 1. The average Bonchev–Trinajstić information content (AvgIpc) is 3.32. The lowest BCUT2D eigenvalue weighted by molar-refractivity contribution is 0.0138. The molecule has 2 N–H and O–H groups in total. The van der Waals surface area contributed by atoms with Gasteiger partial charge < -0.3 is 20.1 Å². The summed E-state index contributed by atoms with van der Waals surface area (Å²) in [7, 11) is 1.81. The maximum absolute atomic E-state index is 12.4. The number of nitrogens with zero attached hydrogens (tertiary/aromatic N) is 4. The molecule has 0 radical (unpaired) electrons. The SMILES string of the molecule is CN(C(=O)OC(C)(C)C)[C@H]1CC[C@H](Oc2ncnc3sc4c(c23)[C@@H](CC(N)C#N)CC4)CC1. The van der Waals surface area contributed by atoms with Gasteiger partial charge in [-0.25, -0.2) is 14.8 Å². The fourth-order valence-corrected chi connectivity index (χ4v) is 6.15. The molecule has 0 bridgehead atoms. The zero-order valence-electron chi connectivity index (χ0n) is 19.8. The molecule has 8 nitrogen and oxygen atoms in total. The lowest BCUT2D eigenvalue weighted by Gasteiger charge is -2.35. The second kappa shape index (κ2) is 9.43. The number of hydrogen-bond donors (Lipinski definition) is 1. The summed E-state index contributed by atoms with van der Waals surface area (Å²) in [5.74, 6) is 0.883. The fourth-order valence-electron chi connectivity index (χ4n) is 4.92. The molecule has 178 valence electrons. The third-order valence-corrected chi connectivity index (χ3v) is 7.72. The Kier molecular flexibility index (Phi) is 6.78. The summed E-state index contributed by atoms with van der Waals surface area (Å²) in [6.07, 6.45) is 7.38. The molecule has 0 saturated heterocycles. The number of nitrogens with two attached hydrogens (primary N) is 1. The first kappa shape index (κ1) is 23.7. The second-order valence-corrected chi connectivity index (χ2v) is 11.2. The van der Waals surface area contributed by atoms with Gasteiger partial charge in [-0.05, 0) is 77.2 Å². The van der Waals surface area contributed by atoms with Crippen molar-refractivity contribution in [2.45, 2.75) is 95.4 Å². The van der Waals surface area contributed by atoms with Gasteiger partial charge in [0.25, 0.3) is 0 Å². The minimum absolute atomic E-state index is 0.0446. The number of amides is 1. The predicted octanol–water partition coefficient (Wildman–Crippen LogP) is 4.52.